The van der Waals surface area contributed by atoms with E-state index in [4.69, 9.17) is 4.74 Å². The predicted molar refractivity (Wildman–Crippen MR) is 77.7 cm³/mol. The summed E-state index contributed by atoms with van der Waals surface area (Å²) in [6, 6.07) is 7.67. The summed E-state index contributed by atoms with van der Waals surface area (Å²) >= 11 is 0. The predicted octanol–water partition coefficient (Wildman–Crippen LogP) is 2.38. The van der Waals surface area contributed by atoms with Crippen molar-refractivity contribution in [2.24, 2.45) is 0 Å². The Kier molecular flexibility index (Phi) is 4.92. The fraction of sp³-hybridized carbons (Fsp3) is 0.400. The van der Waals surface area contributed by atoms with Crippen molar-refractivity contribution in [3.8, 4) is 5.75 Å². The van der Waals surface area contributed by atoms with Crippen LogP contribution >= 0.6 is 0 Å². The molecule has 0 aliphatic rings. The van der Waals surface area contributed by atoms with Crippen molar-refractivity contribution >= 4 is 5.97 Å². The number of aromatic nitrogens is 3. The molecule has 0 saturated carbocycles. The third-order valence-corrected chi connectivity index (χ3v) is 3.12. The molecule has 0 bridgehead atoms. The number of hydrogen-bond acceptors (Lipinski definition) is 4. The maximum atomic E-state index is 11.2. The van der Waals surface area contributed by atoms with Gasteiger partial charge in [0, 0.05) is 5.56 Å². The number of rotatable bonds is 7. The summed E-state index contributed by atoms with van der Waals surface area (Å²) in [6.07, 6.45) is 1.46. The number of hydrogen-bond donors (Lipinski definition) is 1. The van der Waals surface area contributed by atoms with Crippen LogP contribution in [0, 0.1) is 0 Å². The second-order valence-corrected chi connectivity index (χ2v) is 4.64. The molecule has 2 aromatic rings. The molecule has 6 heteroatoms. The summed E-state index contributed by atoms with van der Waals surface area (Å²) in [5, 5.41) is 16.9. The Morgan fingerprint density at radius 1 is 1.33 bits per heavy atom. The normalized spacial score (nSPS) is 10.6. The Hall–Kier alpha value is -2.37. The summed E-state index contributed by atoms with van der Waals surface area (Å²) in [7, 11) is 0. The Labute approximate surface area is 123 Å². The lowest BCUT2D eigenvalue weighted by Gasteiger charge is -2.11. The van der Waals surface area contributed by atoms with Gasteiger partial charge in [0.25, 0.3) is 0 Å². The Morgan fingerprint density at radius 2 is 2.10 bits per heavy atom. The maximum Gasteiger partial charge on any atom is 0.358 e. The minimum Gasteiger partial charge on any atom is -0.494 e. The summed E-state index contributed by atoms with van der Waals surface area (Å²) in [5.74, 6) is -0.252. The van der Waals surface area contributed by atoms with Gasteiger partial charge in [0.15, 0.2) is 5.69 Å². The topological polar surface area (TPSA) is 77.2 Å². The molecule has 0 radical (unpaired) electrons. The van der Waals surface area contributed by atoms with Gasteiger partial charge in [-0.2, -0.15) is 0 Å². The van der Waals surface area contributed by atoms with Crippen LogP contribution in [0.2, 0.25) is 0 Å². The van der Waals surface area contributed by atoms with Crippen molar-refractivity contribution in [2.75, 3.05) is 6.61 Å². The van der Waals surface area contributed by atoms with E-state index in [0.717, 1.165) is 17.7 Å². The molecule has 0 aliphatic carbocycles. The van der Waals surface area contributed by atoms with Gasteiger partial charge in [-0.05, 0) is 19.4 Å². The van der Waals surface area contributed by atoms with E-state index in [1.165, 1.54) is 0 Å². The highest BCUT2D eigenvalue weighted by Crippen LogP contribution is 2.20. The maximum absolute atomic E-state index is 11.2. The molecule has 21 heavy (non-hydrogen) atoms. The quantitative estimate of drug-likeness (QED) is 0.846. The first-order valence-electron chi connectivity index (χ1n) is 7.03. The molecule has 0 aliphatic heterocycles. The third-order valence-electron chi connectivity index (χ3n) is 3.12. The average molecular weight is 289 g/mol. The van der Waals surface area contributed by atoms with E-state index in [1.54, 1.807) is 4.68 Å². The molecule has 1 N–H and O–H groups in total. The molecule has 112 valence electrons. The first-order chi connectivity index (χ1) is 10.2. The van der Waals surface area contributed by atoms with Crippen LogP contribution in [0.25, 0.3) is 0 Å². The number of aromatic carboxylic acids is 1. The van der Waals surface area contributed by atoms with Crippen molar-refractivity contribution in [3.63, 3.8) is 0 Å². The number of ether oxygens (including phenoxy) is 1. The standard InChI is InChI=1S/C15H19N3O3/c1-3-7-12-14(15(19)20)16-17-18(12)10-11-8-5-6-9-13(11)21-4-2/h5-6,8-9H,3-4,7,10H2,1-2H3,(H,19,20). The minimum atomic E-state index is -1.04. The molecule has 0 unspecified atom stereocenters. The molecule has 0 atom stereocenters. The van der Waals surface area contributed by atoms with E-state index < -0.39 is 5.97 Å². The number of benzene rings is 1. The van der Waals surface area contributed by atoms with Crippen LogP contribution in [0.1, 0.15) is 42.0 Å². The van der Waals surface area contributed by atoms with Gasteiger partial charge in [-0.3, -0.25) is 0 Å². The molecule has 0 saturated heterocycles. The number of carboxylic acid groups (broad SMARTS) is 1. The van der Waals surface area contributed by atoms with Crippen LogP contribution in [-0.2, 0) is 13.0 Å². The molecular formula is C15H19N3O3. The Bertz CT molecular complexity index is 622. The van der Waals surface area contributed by atoms with Gasteiger partial charge < -0.3 is 9.84 Å². The van der Waals surface area contributed by atoms with Crippen molar-refractivity contribution in [3.05, 3.63) is 41.2 Å². The summed E-state index contributed by atoms with van der Waals surface area (Å²) in [5.41, 5.74) is 1.64. The van der Waals surface area contributed by atoms with Gasteiger partial charge in [-0.15, -0.1) is 5.10 Å². The van der Waals surface area contributed by atoms with E-state index in [9.17, 15) is 9.90 Å². The van der Waals surface area contributed by atoms with E-state index >= 15 is 0 Å². The number of carboxylic acids is 1. The highest BCUT2D eigenvalue weighted by molar-refractivity contribution is 5.86. The first-order valence-corrected chi connectivity index (χ1v) is 7.03. The number of carbonyl (C=O) groups is 1. The second kappa shape index (κ2) is 6.88. The summed E-state index contributed by atoms with van der Waals surface area (Å²) in [6.45, 7) is 4.96. The van der Waals surface area contributed by atoms with Crippen LogP contribution < -0.4 is 4.74 Å². The lowest BCUT2D eigenvalue weighted by Crippen LogP contribution is -2.10. The molecule has 0 spiro atoms. The Morgan fingerprint density at radius 3 is 2.76 bits per heavy atom. The minimum absolute atomic E-state index is 0.0331. The summed E-state index contributed by atoms with van der Waals surface area (Å²) in [4.78, 5) is 11.2. The molecule has 6 nitrogen and oxygen atoms in total. The molecule has 0 fully saturated rings. The van der Waals surface area contributed by atoms with E-state index in [0.29, 0.717) is 25.3 Å². The second-order valence-electron chi connectivity index (χ2n) is 4.64. The van der Waals surface area contributed by atoms with E-state index in [1.807, 2.05) is 38.1 Å². The van der Waals surface area contributed by atoms with Gasteiger partial charge in [0.1, 0.15) is 5.75 Å². The van der Waals surface area contributed by atoms with Crippen LogP contribution in [0.15, 0.2) is 24.3 Å². The van der Waals surface area contributed by atoms with Crippen LogP contribution in [0.4, 0.5) is 0 Å². The molecule has 2 rings (SSSR count). The van der Waals surface area contributed by atoms with E-state index in [-0.39, 0.29) is 5.69 Å². The van der Waals surface area contributed by atoms with Crippen LogP contribution in [-0.4, -0.2) is 32.7 Å². The Balaban J connectivity index is 2.33. The zero-order valence-corrected chi connectivity index (χ0v) is 12.2. The van der Waals surface area contributed by atoms with Gasteiger partial charge in [0.2, 0.25) is 0 Å². The van der Waals surface area contributed by atoms with Crippen molar-refractivity contribution in [2.45, 2.75) is 33.2 Å². The SMILES string of the molecule is CCCc1c(C(=O)O)nnn1Cc1ccccc1OCC. The zero-order chi connectivity index (χ0) is 15.2. The molecule has 1 heterocycles. The van der Waals surface area contributed by atoms with Gasteiger partial charge >= 0.3 is 5.97 Å². The highest BCUT2D eigenvalue weighted by Gasteiger charge is 2.18. The van der Waals surface area contributed by atoms with Crippen molar-refractivity contribution < 1.29 is 14.6 Å². The number of para-hydroxylation sites is 1. The first kappa shape index (κ1) is 15.0. The third kappa shape index (κ3) is 3.39. The zero-order valence-electron chi connectivity index (χ0n) is 12.2. The van der Waals surface area contributed by atoms with E-state index in [2.05, 4.69) is 10.3 Å². The van der Waals surface area contributed by atoms with Crippen LogP contribution in [0.3, 0.4) is 0 Å². The lowest BCUT2D eigenvalue weighted by atomic mass is 10.1. The van der Waals surface area contributed by atoms with Gasteiger partial charge in [-0.25, -0.2) is 9.48 Å². The lowest BCUT2D eigenvalue weighted by molar-refractivity contribution is 0.0689. The van der Waals surface area contributed by atoms with Crippen LogP contribution in [0.5, 0.6) is 5.75 Å². The fourth-order valence-corrected chi connectivity index (χ4v) is 2.20. The van der Waals surface area contributed by atoms with Gasteiger partial charge in [0.05, 0.1) is 18.8 Å². The molecule has 1 aromatic carbocycles. The largest absolute Gasteiger partial charge is 0.494 e. The number of nitrogens with zero attached hydrogens (tertiary/aromatic N) is 3. The fourth-order valence-electron chi connectivity index (χ4n) is 2.20. The smallest absolute Gasteiger partial charge is 0.358 e. The van der Waals surface area contributed by atoms with Gasteiger partial charge in [-0.1, -0.05) is 36.8 Å². The monoisotopic (exact) mass is 289 g/mol. The highest BCUT2D eigenvalue weighted by atomic mass is 16.5. The average Bonchev–Trinajstić information content (AvgIpc) is 2.85. The summed E-state index contributed by atoms with van der Waals surface area (Å²) < 4.78 is 7.23. The molecular weight excluding hydrogens is 270 g/mol. The molecule has 1 aromatic heterocycles. The van der Waals surface area contributed by atoms with Crippen molar-refractivity contribution in [1.82, 2.24) is 15.0 Å². The molecule has 0 amide bonds. The van der Waals surface area contributed by atoms with Crippen molar-refractivity contribution in [1.29, 1.82) is 0 Å².